The van der Waals surface area contributed by atoms with Crippen LogP contribution < -0.4 is 11.1 Å². The molecule has 2 N–H and O–H groups in total. The topological polar surface area (TPSA) is 85.0 Å². The molecule has 4 aromatic rings. The third-order valence-corrected chi connectivity index (χ3v) is 13.1. The maximum Gasteiger partial charge on any atom is 0.275 e. The number of nitrogens with one attached hydrogen (secondary N) is 1. The van der Waals surface area contributed by atoms with Gasteiger partial charge in [0.2, 0.25) is 0 Å². The summed E-state index contributed by atoms with van der Waals surface area (Å²) in [5, 5.41) is 12.4. The molecule has 0 spiro atoms. The smallest absolute Gasteiger partial charge is 0.275 e. The number of hydrogen-bond acceptors (Lipinski definition) is 3. The highest BCUT2D eigenvalue weighted by atomic mass is 19.1. The van der Waals surface area contributed by atoms with Gasteiger partial charge < -0.3 is 5.11 Å². The summed E-state index contributed by atoms with van der Waals surface area (Å²) in [7, 11) is 0. The number of H-pyrrole nitrogens is 1. The van der Waals surface area contributed by atoms with E-state index in [0.717, 1.165) is 66.4 Å². The molecule has 0 radical (unpaired) electrons. The fourth-order valence-corrected chi connectivity index (χ4v) is 9.69. The molecule has 11 heteroatoms. The van der Waals surface area contributed by atoms with E-state index in [1.165, 1.54) is 27.6 Å². The molecular formula is C37H42F4N4O3. The van der Waals surface area contributed by atoms with Crippen LogP contribution in [0.15, 0.2) is 46.0 Å². The molecule has 4 bridgehead atoms. The molecule has 4 atom stereocenters. The van der Waals surface area contributed by atoms with Gasteiger partial charge >= 0.3 is 0 Å². The van der Waals surface area contributed by atoms with Crippen LogP contribution in [0.25, 0.3) is 11.4 Å². The van der Waals surface area contributed by atoms with E-state index < -0.39 is 23.3 Å². The predicted octanol–water partition coefficient (Wildman–Crippen LogP) is 7.09. The van der Waals surface area contributed by atoms with E-state index >= 15 is 0 Å². The third kappa shape index (κ3) is 4.08. The average Bonchev–Trinajstić information content (AvgIpc) is 3.73. The van der Waals surface area contributed by atoms with Crippen molar-refractivity contribution >= 4 is 0 Å². The van der Waals surface area contributed by atoms with Crippen molar-refractivity contribution in [1.82, 2.24) is 19.1 Å². The number of fused-ring (bicyclic) bond motifs is 10. The second-order valence-corrected chi connectivity index (χ2v) is 15.6. The fraction of sp³-hybridized carbons (Fsp3) is 0.514. The predicted molar refractivity (Wildman–Crippen MR) is 174 cm³/mol. The summed E-state index contributed by atoms with van der Waals surface area (Å²) in [5.41, 5.74) is 2.83. The molecule has 0 amide bonds. The van der Waals surface area contributed by atoms with Gasteiger partial charge in [0.1, 0.15) is 23.0 Å². The Morgan fingerprint density at radius 2 is 1.31 bits per heavy atom. The molecule has 0 unspecified atom stereocenters. The number of aliphatic hydroxyl groups is 1. The second-order valence-electron chi connectivity index (χ2n) is 15.6. The minimum atomic E-state index is -0.759. The minimum Gasteiger partial charge on any atom is -0.396 e. The van der Waals surface area contributed by atoms with Crippen molar-refractivity contribution in [2.24, 2.45) is 10.8 Å². The summed E-state index contributed by atoms with van der Waals surface area (Å²) < 4.78 is 59.3. The van der Waals surface area contributed by atoms with E-state index in [4.69, 9.17) is 0 Å². The lowest BCUT2D eigenvalue weighted by Crippen LogP contribution is -2.36. The molecule has 2 aromatic carbocycles. The van der Waals surface area contributed by atoms with Crippen LogP contribution in [-0.2, 0) is 17.4 Å². The summed E-state index contributed by atoms with van der Waals surface area (Å²) in [4.78, 5) is 26.1. The number of hydrogen-bond donors (Lipinski definition) is 2. The molecule has 2 heterocycles. The van der Waals surface area contributed by atoms with Crippen molar-refractivity contribution in [3.05, 3.63) is 103 Å². The Bertz CT molecular complexity index is 2090. The highest BCUT2D eigenvalue weighted by Crippen LogP contribution is 2.68. The van der Waals surface area contributed by atoms with Crippen molar-refractivity contribution < 1.29 is 22.7 Å². The number of benzene rings is 2. The molecule has 2 saturated carbocycles. The number of aliphatic hydroxyl groups excluding tert-OH is 1. The van der Waals surface area contributed by atoms with Crippen LogP contribution >= 0.6 is 0 Å². The summed E-state index contributed by atoms with van der Waals surface area (Å²) >= 11 is 0. The number of aromatic amines is 1. The average molecular weight is 667 g/mol. The molecule has 4 aliphatic rings. The van der Waals surface area contributed by atoms with E-state index in [1.807, 2.05) is 4.68 Å². The molecule has 2 fully saturated rings. The Hall–Kier alpha value is -3.86. The van der Waals surface area contributed by atoms with Gasteiger partial charge in [-0.15, -0.1) is 0 Å². The quantitative estimate of drug-likeness (QED) is 0.223. The number of nitrogens with zero attached hydrogens (tertiary/aromatic N) is 3. The van der Waals surface area contributed by atoms with E-state index in [-0.39, 0.29) is 62.6 Å². The van der Waals surface area contributed by atoms with Gasteiger partial charge in [0.25, 0.3) is 11.1 Å². The Balaban J connectivity index is 0.000000154. The summed E-state index contributed by atoms with van der Waals surface area (Å²) in [6.45, 7) is 13.5. The van der Waals surface area contributed by atoms with Crippen LogP contribution in [0.3, 0.4) is 0 Å². The van der Waals surface area contributed by atoms with Crippen molar-refractivity contribution in [3.8, 4) is 11.4 Å². The van der Waals surface area contributed by atoms with Crippen molar-refractivity contribution in [1.29, 1.82) is 0 Å². The molecule has 2 aromatic heterocycles. The van der Waals surface area contributed by atoms with E-state index in [0.29, 0.717) is 13.0 Å². The first-order valence-corrected chi connectivity index (χ1v) is 16.7. The lowest BCUT2D eigenvalue weighted by Gasteiger charge is -2.36. The monoisotopic (exact) mass is 666 g/mol. The normalized spacial score (nSPS) is 26.8. The van der Waals surface area contributed by atoms with Gasteiger partial charge in [0.05, 0.1) is 5.69 Å². The van der Waals surface area contributed by atoms with Crippen LogP contribution in [-0.4, -0.2) is 30.9 Å². The maximum absolute atomic E-state index is 14.5. The molecule has 8 rings (SSSR count). The van der Waals surface area contributed by atoms with Gasteiger partial charge in [-0.3, -0.25) is 19.4 Å². The SMILES string of the molecule is CC1(C)[C@@H]2CC[C@@]1(C)c1[nH]n(-c3ccc(F)cc3F)c(=O)c12.CC1(C)[C@@H]2CC[C@@]1(C)c1c2c(=O)n(-c2ccc(F)cc2F)n1CCCO. The molecule has 0 aliphatic heterocycles. The number of rotatable bonds is 5. The summed E-state index contributed by atoms with van der Waals surface area (Å²) in [6, 6.07) is 6.54. The Morgan fingerprint density at radius 3 is 1.88 bits per heavy atom. The number of halogens is 4. The van der Waals surface area contributed by atoms with E-state index in [1.54, 1.807) is 0 Å². The zero-order valence-corrected chi connectivity index (χ0v) is 28.2. The Morgan fingerprint density at radius 1 is 0.771 bits per heavy atom. The van der Waals surface area contributed by atoms with Crippen LogP contribution in [0.2, 0.25) is 0 Å². The van der Waals surface area contributed by atoms with Gasteiger partial charge in [-0.1, -0.05) is 41.5 Å². The zero-order valence-electron chi connectivity index (χ0n) is 28.2. The van der Waals surface area contributed by atoms with Gasteiger partial charge in [-0.2, -0.15) is 0 Å². The Kier molecular flexibility index (Phi) is 7.19. The first-order chi connectivity index (χ1) is 22.5. The van der Waals surface area contributed by atoms with Crippen LogP contribution in [0.4, 0.5) is 17.6 Å². The molecular weight excluding hydrogens is 624 g/mol. The first kappa shape index (κ1) is 32.7. The van der Waals surface area contributed by atoms with Crippen LogP contribution in [0.1, 0.15) is 108 Å². The number of aromatic nitrogens is 4. The van der Waals surface area contributed by atoms with Crippen LogP contribution in [0.5, 0.6) is 0 Å². The summed E-state index contributed by atoms with van der Waals surface area (Å²) in [6.07, 6.45) is 4.39. The van der Waals surface area contributed by atoms with Crippen molar-refractivity contribution in [2.45, 2.75) is 103 Å². The molecule has 256 valence electrons. The van der Waals surface area contributed by atoms with Gasteiger partial charge in [-0.25, -0.2) is 26.9 Å². The standard InChI is InChI=1S/C20H24F2N2O2.C17H18F2N2O/c1-19(2)13-7-8-20(19,3)17-16(13)18(26)24(23(17)9-4-10-25)15-6-5-12(21)11-14(15)22;1-16(2)10-6-7-17(16,3)14-13(10)15(22)21(20-14)12-5-4-9(18)8-11(12)19/h5-6,11,13,25H,4,7-10H2,1-3H3;4-5,8,10,20H,6-7H2,1-3H3/t13-,20+;10-,17+/m11/s1. The third-order valence-electron chi connectivity index (χ3n) is 13.1. The van der Waals surface area contributed by atoms with Gasteiger partial charge in [-0.05, 0) is 79.0 Å². The summed E-state index contributed by atoms with van der Waals surface area (Å²) in [5.74, 6) is -2.49. The largest absolute Gasteiger partial charge is 0.396 e. The molecule has 48 heavy (non-hydrogen) atoms. The Labute approximate surface area is 276 Å². The molecule has 4 aliphatic carbocycles. The lowest BCUT2D eigenvalue weighted by atomic mass is 9.70. The molecule has 7 nitrogen and oxygen atoms in total. The van der Waals surface area contributed by atoms with Gasteiger partial charge in [0.15, 0.2) is 11.6 Å². The maximum atomic E-state index is 14.5. The minimum absolute atomic E-state index is 0.0173. The van der Waals surface area contributed by atoms with Crippen molar-refractivity contribution in [3.63, 3.8) is 0 Å². The van der Waals surface area contributed by atoms with E-state index in [2.05, 4.69) is 46.6 Å². The zero-order chi connectivity index (χ0) is 34.7. The van der Waals surface area contributed by atoms with Gasteiger partial charge in [0, 0.05) is 52.9 Å². The lowest BCUT2D eigenvalue weighted by molar-refractivity contribution is 0.211. The second kappa shape index (κ2) is 10.6. The van der Waals surface area contributed by atoms with Crippen LogP contribution in [0, 0.1) is 34.1 Å². The highest BCUT2D eigenvalue weighted by molar-refractivity contribution is 5.48. The van der Waals surface area contributed by atoms with E-state index in [9.17, 15) is 32.3 Å². The highest BCUT2D eigenvalue weighted by Gasteiger charge is 2.63. The fourth-order valence-electron chi connectivity index (χ4n) is 9.69. The molecule has 0 saturated heterocycles. The first-order valence-electron chi connectivity index (χ1n) is 16.7. The van der Waals surface area contributed by atoms with Crippen molar-refractivity contribution in [2.75, 3.05) is 6.61 Å².